The number of nitrogens with zero attached hydrogens (tertiary/aromatic N) is 4. The largest absolute Gasteiger partial charge is 0.466 e. The van der Waals surface area contributed by atoms with E-state index in [1.807, 2.05) is 0 Å². The highest BCUT2D eigenvalue weighted by molar-refractivity contribution is 6.19. The van der Waals surface area contributed by atoms with Crippen LogP contribution in [0.2, 0.25) is 0 Å². The lowest BCUT2D eigenvalue weighted by atomic mass is 9.95. The maximum Gasteiger partial charge on any atom is 0.357 e. The SMILES string of the molecule is COC(=O)C1=C(C(=O)OC)n2ncnc2NC1c1cccc([N+](=O)[O-])c1. The van der Waals surface area contributed by atoms with Gasteiger partial charge in [0.2, 0.25) is 5.95 Å². The van der Waals surface area contributed by atoms with Crippen LogP contribution in [0.1, 0.15) is 11.6 Å². The van der Waals surface area contributed by atoms with Crippen LogP contribution in [0.15, 0.2) is 36.2 Å². The Balaban J connectivity index is 2.24. The topological polar surface area (TPSA) is 138 Å². The average Bonchev–Trinajstić information content (AvgIpc) is 3.13. The van der Waals surface area contributed by atoms with Crippen molar-refractivity contribution in [2.24, 2.45) is 0 Å². The fourth-order valence-corrected chi connectivity index (χ4v) is 2.64. The number of nitro benzene ring substituents is 1. The molecule has 11 nitrogen and oxygen atoms in total. The predicted octanol–water partition coefficient (Wildman–Crippen LogP) is 0.910. The van der Waals surface area contributed by atoms with Crippen molar-refractivity contribution in [1.29, 1.82) is 0 Å². The molecule has 0 bridgehead atoms. The first-order chi connectivity index (χ1) is 12.5. The molecule has 2 heterocycles. The number of methoxy groups -OCH3 is 2. The molecule has 0 amide bonds. The molecule has 0 saturated heterocycles. The molecular weight excluding hydrogens is 346 g/mol. The normalized spacial score (nSPS) is 15.7. The zero-order chi connectivity index (χ0) is 18.8. The number of hydrogen-bond donors (Lipinski definition) is 1. The van der Waals surface area contributed by atoms with Gasteiger partial charge in [0.05, 0.1) is 30.8 Å². The first-order valence-electron chi connectivity index (χ1n) is 7.30. The van der Waals surface area contributed by atoms with Crippen molar-refractivity contribution < 1.29 is 24.0 Å². The summed E-state index contributed by atoms with van der Waals surface area (Å²) in [6, 6.07) is 4.74. The molecule has 1 N–H and O–H groups in total. The van der Waals surface area contributed by atoms with E-state index in [1.54, 1.807) is 6.07 Å². The minimum absolute atomic E-state index is 0.0992. The van der Waals surface area contributed by atoms with Gasteiger partial charge in [0.15, 0.2) is 5.70 Å². The van der Waals surface area contributed by atoms with Crippen molar-refractivity contribution >= 4 is 29.3 Å². The predicted molar refractivity (Wildman–Crippen MR) is 86.7 cm³/mol. The highest BCUT2D eigenvalue weighted by Crippen LogP contribution is 2.36. The number of nitrogens with one attached hydrogen (secondary N) is 1. The highest BCUT2D eigenvalue weighted by atomic mass is 16.6. The second-order valence-corrected chi connectivity index (χ2v) is 5.17. The van der Waals surface area contributed by atoms with Crippen LogP contribution in [0, 0.1) is 10.1 Å². The lowest BCUT2D eigenvalue weighted by molar-refractivity contribution is -0.384. The molecule has 26 heavy (non-hydrogen) atoms. The Morgan fingerprint density at radius 1 is 1.27 bits per heavy atom. The van der Waals surface area contributed by atoms with E-state index in [0.717, 1.165) is 18.9 Å². The van der Waals surface area contributed by atoms with Crippen molar-refractivity contribution in [2.45, 2.75) is 6.04 Å². The van der Waals surface area contributed by atoms with Gasteiger partial charge in [0, 0.05) is 12.1 Å². The lowest BCUT2D eigenvalue weighted by Gasteiger charge is -2.27. The molecule has 1 aromatic heterocycles. The van der Waals surface area contributed by atoms with Gasteiger partial charge in [-0.05, 0) is 5.56 Å². The van der Waals surface area contributed by atoms with Gasteiger partial charge >= 0.3 is 11.9 Å². The van der Waals surface area contributed by atoms with Gasteiger partial charge in [-0.1, -0.05) is 12.1 Å². The standard InChI is InChI=1S/C15H13N5O6/c1-25-13(21)10-11(8-4-3-5-9(6-8)20(23)24)18-15-16-7-17-19(15)12(10)14(22)26-2/h3-7,11H,1-2H3,(H,16,17,18). The number of fused-ring (bicyclic) bond motifs is 1. The van der Waals surface area contributed by atoms with Gasteiger partial charge in [0.25, 0.3) is 5.69 Å². The molecule has 0 aliphatic carbocycles. The summed E-state index contributed by atoms with van der Waals surface area (Å²) in [5, 5.41) is 17.9. The van der Waals surface area contributed by atoms with Crippen molar-refractivity contribution in [1.82, 2.24) is 14.8 Å². The molecule has 0 fully saturated rings. The molecule has 1 atom stereocenters. The molecule has 1 aliphatic rings. The Kier molecular flexibility index (Phi) is 4.35. The zero-order valence-electron chi connectivity index (χ0n) is 13.7. The van der Waals surface area contributed by atoms with Gasteiger partial charge in [-0.15, -0.1) is 0 Å². The Bertz CT molecular complexity index is 934. The summed E-state index contributed by atoms with van der Waals surface area (Å²) in [7, 11) is 2.32. The summed E-state index contributed by atoms with van der Waals surface area (Å²) in [5.41, 5.74) is -0.0737. The van der Waals surface area contributed by atoms with Crippen LogP contribution < -0.4 is 5.32 Å². The van der Waals surface area contributed by atoms with E-state index in [0.29, 0.717) is 5.56 Å². The van der Waals surface area contributed by atoms with E-state index in [9.17, 15) is 19.7 Å². The number of benzene rings is 1. The van der Waals surface area contributed by atoms with E-state index >= 15 is 0 Å². The van der Waals surface area contributed by atoms with Crippen LogP contribution in [0.25, 0.3) is 5.70 Å². The van der Waals surface area contributed by atoms with Crippen molar-refractivity contribution in [3.63, 3.8) is 0 Å². The summed E-state index contributed by atoms with van der Waals surface area (Å²) < 4.78 is 10.7. The van der Waals surface area contributed by atoms with Crippen LogP contribution >= 0.6 is 0 Å². The lowest BCUT2D eigenvalue weighted by Crippen LogP contribution is -2.32. The van der Waals surface area contributed by atoms with Crippen LogP contribution in [0.5, 0.6) is 0 Å². The van der Waals surface area contributed by atoms with E-state index in [4.69, 9.17) is 9.47 Å². The smallest absolute Gasteiger partial charge is 0.357 e. The molecule has 1 unspecified atom stereocenters. The fraction of sp³-hybridized carbons (Fsp3) is 0.200. The van der Waals surface area contributed by atoms with Crippen molar-refractivity contribution in [3.8, 4) is 0 Å². The molecule has 0 radical (unpaired) electrons. The summed E-state index contributed by atoms with van der Waals surface area (Å²) in [6.45, 7) is 0. The Hall–Kier alpha value is -3.76. The van der Waals surface area contributed by atoms with E-state index in [2.05, 4.69) is 15.4 Å². The van der Waals surface area contributed by atoms with Gasteiger partial charge in [-0.25, -0.2) is 9.59 Å². The highest BCUT2D eigenvalue weighted by Gasteiger charge is 2.38. The molecule has 0 spiro atoms. The van der Waals surface area contributed by atoms with Gasteiger partial charge in [-0.2, -0.15) is 14.8 Å². The monoisotopic (exact) mass is 359 g/mol. The third-order valence-corrected chi connectivity index (χ3v) is 3.78. The third-order valence-electron chi connectivity index (χ3n) is 3.78. The fourth-order valence-electron chi connectivity index (χ4n) is 2.64. The third kappa shape index (κ3) is 2.75. The number of anilines is 1. The van der Waals surface area contributed by atoms with Gasteiger partial charge in [0.1, 0.15) is 6.33 Å². The van der Waals surface area contributed by atoms with Gasteiger partial charge < -0.3 is 14.8 Å². The van der Waals surface area contributed by atoms with Crippen LogP contribution in [0.3, 0.4) is 0 Å². The maximum absolute atomic E-state index is 12.4. The van der Waals surface area contributed by atoms with Crippen LogP contribution in [0.4, 0.5) is 11.6 Å². The van der Waals surface area contributed by atoms with Crippen molar-refractivity contribution in [3.05, 3.63) is 51.8 Å². The maximum atomic E-state index is 12.4. The molecule has 11 heteroatoms. The van der Waals surface area contributed by atoms with E-state index in [-0.39, 0.29) is 22.9 Å². The van der Waals surface area contributed by atoms with Crippen LogP contribution in [-0.4, -0.2) is 45.8 Å². The Labute approximate surface area is 146 Å². The summed E-state index contributed by atoms with van der Waals surface area (Å²) in [6.07, 6.45) is 1.19. The average molecular weight is 359 g/mol. The molecule has 0 saturated carbocycles. The van der Waals surface area contributed by atoms with Gasteiger partial charge in [-0.3, -0.25) is 10.1 Å². The van der Waals surface area contributed by atoms with E-state index < -0.39 is 22.9 Å². The number of carbonyl (C=O) groups is 2. The zero-order valence-corrected chi connectivity index (χ0v) is 13.7. The second-order valence-electron chi connectivity index (χ2n) is 5.17. The number of aromatic nitrogens is 3. The molecular formula is C15H13N5O6. The second kappa shape index (κ2) is 6.63. The minimum Gasteiger partial charge on any atom is -0.466 e. The van der Waals surface area contributed by atoms with Crippen LogP contribution in [-0.2, 0) is 19.1 Å². The quantitative estimate of drug-likeness (QED) is 0.479. The van der Waals surface area contributed by atoms with Crippen molar-refractivity contribution in [2.75, 3.05) is 19.5 Å². The number of carbonyl (C=O) groups excluding carboxylic acids is 2. The summed E-state index contributed by atoms with van der Waals surface area (Å²) in [4.78, 5) is 39.2. The number of ether oxygens (including phenoxy) is 2. The first kappa shape index (κ1) is 17.1. The molecule has 3 rings (SSSR count). The molecule has 2 aromatic rings. The Morgan fingerprint density at radius 3 is 2.65 bits per heavy atom. The first-order valence-corrected chi connectivity index (χ1v) is 7.30. The Morgan fingerprint density at radius 2 is 2.00 bits per heavy atom. The van der Waals surface area contributed by atoms with E-state index in [1.165, 1.54) is 24.5 Å². The minimum atomic E-state index is -0.923. The number of nitro groups is 1. The summed E-state index contributed by atoms with van der Waals surface area (Å²) >= 11 is 0. The molecule has 1 aliphatic heterocycles. The molecule has 1 aromatic carbocycles. The molecule has 134 valence electrons. The number of hydrogen-bond acceptors (Lipinski definition) is 9. The number of rotatable bonds is 4. The summed E-state index contributed by atoms with van der Waals surface area (Å²) in [5.74, 6) is -1.46. The number of non-ortho nitro benzene ring substituents is 1. The number of esters is 2.